The SMILES string of the molecule is CC(C)=C[C@H]1CCN(C(=O)[C@@H](NC(=O)OC(C)(C)C)C2CCCCC2)[C@@H]1C(=O)NC(CC1CC1)C(=O)C(N)=O. The van der Waals surface area contributed by atoms with Crippen LogP contribution in [-0.4, -0.2) is 64.8 Å². The number of carbonyl (C=O) groups excluding carboxylic acids is 5. The summed E-state index contributed by atoms with van der Waals surface area (Å²) in [5.74, 6) is -2.78. The first-order valence-electron chi connectivity index (χ1n) is 14.4. The molecular formula is C29H46N4O6. The highest BCUT2D eigenvalue weighted by Crippen LogP contribution is 2.35. The Morgan fingerprint density at radius 1 is 0.974 bits per heavy atom. The lowest BCUT2D eigenvalue weighted by molar-refractivity contribution is -0.143. The summed E-state index contributed by atoms with van der Waals surface area (Å²) in [6.45, 7) is 9.49. The van der Waals surface area contributed by atoms with Crippen LogP contribution >= 0.6 is 0 Å². The Morgan fingerprint density at radius 2 is 1.62 bits per heavy atom. The normalized spacial score (nSPS) is 23.4. The molecular weight excluding hydrogens is 500 g/mol. The fraction of sp³-hybridized carbons (Fsp3) is 0.759. The third-order valence-electron chi connectivity index (χ3n) is 7.75. The average molecular weight is 547 g/mol. The summed E-state index contributed by atoms with van der Waals surface area (Å²) in [5, 5.41) is 5.59. The Labute approximate surface area is 231 Å². The molecule has 0 radical (unpaired) electrons. The molecule has 4 atom stereocenters. The second-order valence-corrected chi connectivity index (χ2v) is 12.7. The van der Waals surface area contributed by atoms with Crippen LogP contribution < -0.4 is 16.4 Å². The van der Waals surface area contributed by atoms with Crippen molar-refractivity contribution in [3.8, 4) is 0 Å². The number of nitrogens with zero attached hydrogens (tertiary/aromatic N) is 1. The van der Waals surface area contributed by atoms with Gasteiger partial charge in [0.25, 0.3) is 5.91 Å². The Kier molecular flexibility index (Phi) is 10.2. The van der Waals surface area contributed by atoms with Crippen molar-refractivity contribution in [1.29, 1.82) is 0 Å². The number of amides is 4. The van der Waals surface area contributed by atoms with E-state index in [2.05, 4.69) is 10.6 Å². The molecule has 2 saturated carbocycles. The van der Waals surface area contributed by atoms with E-state index < -0.39 is 47.4 Å². The Morgan fingerprint density at radius 3 is 2.15 bits per heavy atom. The van der Waals surface area contributed by atoms with Gasteiger partial charge in [-0.2, -0.15) is 0 Å². The average Bonchev–Trinajstić information content (AvgIpc) is 3.57. The van der Waals surface area contributed by atoms with Crippen LogP contribution in [0.3, 0.4) is 0 Å². The fourth-order valence-electron chi connectivity index (χ4n) is 5.81. The van der Waals surface area contributed by atoms with Crippen molar-refractivity contribution in [3.63, 3.8) is 0 Å². The van der Waals surface area contributed by atoms with Gasteiger partial charge in [-0.05, 0) is 72.1 Å². The summed E-state index contributed by atoms with van der Waals surface area (Å²) < 4.78 is 5.47. The van der Waals surface area contributed by atoms with E-state index in [0.29, 0.717) is 19.4 Å². The molecule has 1 saturated heterocycles. The zero-order valence-electron chi connectivity index (χ0n) is 24.1. The number of allylic oxidation sites excluding steroid dienone is 1. The van der Waals surface area contributed by atoms with Crippen molar-refractivity contribution in [3.05, 3.63) is 11.6 Å². The van der Waals surface area contributed by atoms with Crippen LogP contribution in [0.25, 0.3) is 0 Å². The summed E-state index contributed by atoms with van der Waals surface area (Å²) in [4.78, 5) is 66.4. The molecule has 39 heavy (non-hydrogen) atoms. The third kappa shape index (κ3) is 8.80. The molecule has 10 nitrogen and oxygen atoms in total. The van der Waals surface area contributed by atoms with Crippen LogP contribution in [0.2, 0.25) is 0 Å². The number of Topliss-reactive ketones (excluding diaryl/α,β-unsaturated/α-hetero) is 1. The number of nitrogens with two attached hydrogens (primary N) is 1. The quantitative estimate of drug-likeness (QED) is 0.283. The van der Waals surface area contributed by atoms with Crippen LogP contribution in [0, 0.1) is 17.8 Å². The van der Waals surface area contributed by atoms with Crippen molar-refractivity contribution < 1.29 is 28.7 Å². The monoisotopic (exact) mass is 546 g/mol. The molecule has 10 heteroatoms. The lowest BCUT2D eigenvalue weighted by Gasteiger charge is -2.36. The standard InChI is InChI=1S/C29H46N4O6/c1-17(2)15-20-13-14-33(23(20)26(36)31-21(16-18-11-12-18)24(34)25(30)35)27(37)22(19-9-7-6-8-10-19)32-28(38)39-29(3,4)5/h15,18-23H,6-14,16H2,1-5H3,(H2,30,35)(H,31,36)(H,32,38)/t20-,21?,22+,23+/m1/s1. The fourth-order valence-corrected chi connectivity index (χ4v) is 5.81. The number of carbonyl (C=O) groups is 5. The van der Waals surface area contributed by atoms with E-state index in [4.69, 9.17) is 10.5 Å². The Balaban J connectivity index is 1.87. The predicted molar refractivity (Wildman–Crippen MR) is 146 cm³/mol. The third-order valence-corrected chi connectivity index (χ3v) is 7.75. The van der Waals surface area contributed by atoms with Crippen molar-refractivity contribution in [2.75, 3.05) is 6.54 Å². The van der Waals surface area contributed by atoms with Gasteiger partial charge in [0, 0.05) is 12.5 Å². The van der Waals surface area contributed by atoms with E-state index in [1.54, 1.807) is 25.7 Å². The topological polar surface area (TPSA) is 148 Å². The highest BCUT2D eigenvalue weighted by atomic mass is 16.6. The summed E-state index contributed by atoms with van der Waals surface area (Å²) in [5.41, 5.74) is 5.56. The zero-order chi connectivity index (χ0) is 28.9. The first-order valence-corrected chi connectivity index (χ1v) is 14.4. The minimum absolute atomic E-state index is 0.0657. The predicted octanol–water partition coefficient (Wildman–Crippen LogP) is 2.98. The lowest BCUT2D eigenvalue weighted by atomic mass is 9.83. The molecule has 4 N–H and O–H groups in total. The van der Waals surface area contributed by atoms with Gasteiger partial charge in [0.05, 0.1) is 6.04 Å². The van der Waals surface area contributed by atoms with E-state index >= 15 is 0 Å². The molecule has 0 aromatic carbocycles. The molecule has 0 aromatic rings. The number of ether oxygens (including phenoxy) is 1. The molecule has 1 unspecified atom stereocenters. The number of hydrogen-bond donors (Lipinski definition) is 3. The second-order valence-electron chi connectivity index (χ2n) is 12.7. The van der Waals surface area contributed by atoms with Crippen LogP contribution in [0.5, 0.6) is 0 Å². The summed E-state index contributed by atoms with van der Waals surface area (Å²) in [6, 6.07) is -2.71. The first-order chi connectivity index (χ1) is 18.3. The van der Waals surface area contributed by atoms with E-state index in [-0.39, 0.29) is 23.7 Å². The molecule has 0 bridgehead atoms. The van der Waals surface area contributed by atoms with Gasteiger partial charge < -0.3 is 26.0 Å². The molecule has 3 rings (SSSR count). The maximum absolute atomic E-state index is 14.1. The van der Waals surface area contributed by atoms with Crippen molar-refractivity contribution >= 4 is 29.6 Å². The first kappa shape index (κ1) is 30.6. The van der Waals surface area contributed by atoms with Crippen LogP contribution in [-0.2, 0) is 23.9 Å². The molecule has 0 aromatic heterocycles. The van der Waals surface area contributed by atoms with Crippen molar-refractivity contribution in [2.45, 2.75) is 116 Å². The van der Waals surface area contributed by atoms with E-state index in [9.17, 15) is 24.0 Å². The van der Waals surface area contributed by atoms with E-state index in [1.807, 2.05) is 19.9 Å². The van der Waals surface area contributed by atoms with Crippen LogP contribution in [0.1, 0.15) is 92.4 Å². The maximum atomic E-state index is 14.1. The maximum Gasteiger partial charge on any atom is 0.408 e. The highest BCUT2D eigenvalue weighted by molar-refractivity contribution is 6.37. The van der Waals surface area contributed by atoms with Crippen molar-refractivity contribution in [2.24, 2.45) is 23.5 Å². The number of hydrogen-bond acceptors (Lipinski definition) is 6. The van der Waals surface area contributed by atoms with Gasteiger partial charge in [-0.3, -0.25) is 19.2 Å². The smallest absolute Gasteiger partial charge is 0.408 e. The molecule has 1 heterocycles. The molecule has 4 amide bonds. The molecule has 0 spiro atoms. The number of alkyl carbamates (subject to hydrolysis) is 1. The van der Waals surface area contributed by atoms with Gasteiger partial charge in [0.15, 0.2) is 0 Å². The van der Waals surface area contributed by atoms with Gasteiger partial charge in [0.1, 0.15) is 17.7 Å². The van der Waals surface area contributed by atoms with Gasteiger partial charge in [0.2, 0.25) is 17.6 Å². The summed E-state index contributed by atoms with van der Waals surface area (Å²) in [7, 11) is 0. The van der Waals surface area contributed by atoms with Gasteiger partial charge >= 0.3 is 6.09 Å². The molecule has 3 fully saturated rings. The largest absolute Gasteiger partial charge is 0.444 e. The van der Waals surface area contributed by atoms with Crippen LogP contribution in [0.4, 0.5) is 4.79 Å². The highest BCUT2D eigenvalue weighted by Gasteiger charge is 2.46. The number of ketones is 1. The zero-order valence-corrected chi connectivity index (χ0v) is 24.1. The molecule has 1 aliphatic heterocycles. The lowest BCUT2D eigenvalue weighted by Crippen LogP contribution is -2.59. The van der Waals surface area contributed by atoms with Crippen LogP contribution in [0.15, 0.2) is 11.6 Å². The molecule has 218 valence electrons. The number of rotatable bonds is 10. The van der Waals surface area contributed by atoms with Gasteiger partial charge in [-0.1, -0.05) is 43.8 Å². The Hall–Kier alpha value is -2.91. The minimum Gasteiger partial charge on any atom is -0.444 e. The van der Waals surface area contributed by atoms with Gasteiger partial charge in [-0.25, -0.2) is 4.79 Å². The van der Waals surface area contributed by atoms with E-state index in [0.717, 1.165) is 50.5 Å². The van der Waals surface area contributed by atoms with E-state index in [1.165, 1.54) is 0 Å². The minimum atomic E-state index is -1.08. The number of nitrogens with one attached hydrogen (secondary N) is 2. The summed E-state index contributed by atoms with van der Waals surface area (Å²) in [6.07, 6.45) is 8.71. The molecule has 2 aliphatic carbocycles. The summed E-state index contributed by atoms with van der Waals surface area (Å²) >= 11 is 0. The number of primary amides is 1. The second kappa shape index (κ2) is 13.0. The van der Waals surface area contributed by atoms with Gasteiger partial charge in [-0.15, -0.1) is 0 Å². The number of likely N-dealkylation sites (tertiary alicyclic amines) is 1. The Bertz CT molecular complexity index is 973. The van der Waals surface area contributed by atoms with Crippen molar-refractivity contribution in [1.82, 2.24) is 15.5 Å². The molecule has 3 aliphatic rings.